The van der Waals surface area contributed by atoms with Crippen LogP contribution in [0.5, 0.6) is 0 Å². The van der Waals surface area contributed by atoms with Crippen LogP contribution in [0, 0.1) is 0 Å². The van der Waals surface area contributed by atoms with E-state index < -0.39 is 5.54 Å². The number of hydrogen-bond acceptors (Lipinski definition) is 3. The Morgan fingerprint density at radius 3 is 2.09 bits per heavy atom. The molecule has 3 amide bonds. The number of imide groups is 1. The first-order chi connectivity index (χ1) is 15.4. The van der Waals surface area contributed by atoms with Crippen LogP contribution in [0.4, 0.5) is 4.79 Å². The molecule has 1 aliphatic rings. The average Bonchev–Trinajstić information content (AvgIpc) is 3.02. The van der Waals surface area contributed by atoms with Gasteiger partial charge in [0, 0.05) is 6.54 Å². The summed E-state index contributed by atoms with van der Waals surface area (Å²) in [6.45, 7) is 2.63. The summed E-state index contributed by atoms with van der Waals surface area (Å²) in [7, 11) is 1.92. The lowest BCUT2D eigenvalue weighted by Gasteiger charge is -2.25. The van der Waals surface area contributed by atoms with Crippen molar-refractivity contribution in [2.24, 2.45) is 0 Å². The Kier molecular flexibility index (Phi) is 4.91. The lowest BCUT2D eigenvalue weighted by atomic mass is 9.90. The molecule has 1 aliphatic heterocycles. The van der Waals surface area contributed by atoms with E-state index in [0.29, 0.717) is 6.54 Å². The fourth-order valence-corrected chi connectivity index (χ4v) is 4.46. The number of carbonyl (C=O) groups excluding carboxylic acids is 2. The zero-order valence-corrected chi connectivity index (χ0v) is 18.2. The highest BCUT2D eigenvalue weighted by molar-refractivity contribution is 6.07. The first kappa shape index (κ1) is 20.2. The van der Waals surface area contributed by atoms with Crippen molar-refractivity contribution in [2.45, 2.75) is 19.0 Å². The smallest absolute Gasteiger partial charge is 0.319 e. The van der Waals surface area contributed by atoms with Gasteiger partial charge in [0.2, 0.25) is 0 Å². The van der Waals surface area contributed by atoms with Gasteiger partial charge >= 0.3 is 6.03 Å². The quantitative estimate of drug-likeness (QED) is 0.467. The second-order valence-electron chi connectivity index (χ2n) is 8.69. The zero-order chi connectivity index (χ0) is 22.3. The molecule has 5 heteroatoms. The molecule has 4 aromatic rings. The van der Waals surface area contributed by atoms with Crippen molar-refractivity contribution < 1.29 is 9.59 Å². The van der Waals surface area contributed by atoms with Crippen LogP contribution in [0.3, 0.4) is 0 Å². The summed E-state index contributed by atoms with van der Waals surface area (Å²) in [5, 5.41) is 7.43. The van der Waals surface area contributed by atoms with Gasteiger partial charge < -0.3 is 5.32 Å². The number of urea groups is 1. The summed E-state index contributed by atoms with van der Waals surface area (Å²) in [5.41, 5.74) is 0.843. The van der Waals surface area contributed by atoms with E-state index in [1.807, 2.05) is 66.5 Å². The number of nitrogens with one attached hydrogen (secondary N) is 1. The normalized spacial score (nSPS) is 18.7. The van der Waals surface area contributed by atoms with Gasteiger partial charge in [0.1, 0.15) is 5.54 Å². The first-order valence-electron chi connectivity index (χ1n) is 10.7. The molecule has 32 heavy (non-hydrogen) atoms. The molecule has 1 fully saturated rings. The van der Waals surface area contributed by atoms with E-state index in [4.69, 9.17) is 0 Å². The van der Waals surface area contributed by atoms with Crippen LogP contribution >= 0.6 is 0 Å². The Labute approximate surface area is 187 Å². The molecule has 1 N–H and O–H groups in total. The van der Waals surface area contributed by atoms with Crippen LogP contribution < -0.4 is 5.32 Å². The molecule has 160 valence electrons. The molecule has 1 saturated heterocycles. The van der Waals surface area contributed by atoms with Gasteiger partial charge in [-0.25, -0.2) is 9.69 Å². The van der Waals surface area contributed by atoms with E-state index in [0.717, 1.165) is 21.9 Å². The molecule has 0 aromatic heterocycles. The van der Waals surface area contributed by atoms with Gasteiger partial charge in [-0.15, -0.1) is 0 Å². The summed E-state index contributed by atoms with van der Waals surface area (Å²) in [6.07, 6.45) is 0. The Hall–Kier alpha value is -3.70. The minimum atomic E-state index is -1.08. The number of amides is 3. The van der Waals surface area contributed by atoms with Crippen molar-refractivity contribution in [3.05, 3.63) is 96.1 Å². The van der Waals surface area contributed by atoms with Crippen LogP contribution in [0.1, 0.15) is 18.1 Å². The molecule has 0 unspecified atom stereocenters. The number of rotatable bonds is 5. The van der Waals surface area contributed by atoms with E-state index in [9.17, 15) is 9.59 Å². The van der Waals surface area contributed by atoms with Gasteiger partial charge in [-0.05, 0) is 58.8 Å². The summed E-state index contributed by atoms with van der Waals surface area (Å²) >= 11 is 0. The van der Waals surface area contributed by atoms with Crippen molar-refractivity contribution in [2.75, 3.05) is 13.7 Å². The van der Waals surface area contributed by atoms with E-state index in [-0.39, 0.29) is 18.6 Å². The molecule has 5 rings (SSSR count). The minimum absolute atomic E-state index is 0.223. The number of nitrogens with zero attached hydrogens (tertiary/aromatic N) is 2. The minimum Gasteiger partial charge on any atom is -0.319 e. The van der Waals surface area contributed by atoms with Gasteiger partial charge in [-0.2, -0.15) is 0 Å². The van der Waals surface area contributed by atoms with Gasteiger partial charge in [-0.3, -0.25) is 9.69 Å². The molecule has 0 radical (unpaired) electrons. The third-order valence-electron chi connectivity index (χ3n) is 6.25. The maximum Gasteiger partial charge on any atom is 0.326 e. The standard InChI is InChI=1S/C27H25N3O2/c1-27(24-14-13-21-8-4-6-10-23(21)16-24)25(31)30(26(32)28-27)18-29(2)17-19-11-12-20-7-3-5-9-22(20)15-19/h3-16H,17-18H2,1-2H3,(H,28,32)/t27-/m1/s1. The zero-order valence-electron chi connectivity index (χ0n) is 18.2. The van der Waals surface area contributed by atoms with Crippen molar-refractivity contribution in [1.82, 2.24) is 15.1 Å². The summed E-state index contributed by atoms with van der Waals surface area (Å²) in [4.78, 5) is 29.4. The highest BCUT2D eigenvalue weighted by atomic mass is 16.2. The van der Waals surface area contributed by atoms with Crippen LogP contribution in [0.15, 0.2) is 84.9 Å². The fourth-order valence-electron chi connectivity index (χ4n) is 4.46. The second kappa shape index (κ2) is 7.77. The molecular formula is C27H25N3O2. The van der Waals surface area contributed by atoms with E-state index in [2.05, 4.69) is 35.6 Å². The third kappa shape index (κ3) is 3.51. The van der Waals surface area contributed by atoms with Crippen molar-refractivity contribution in [3.8, 4) is 0 Å². The Bertz CT molecular complexity index is 1350. The van der Waals surface area contributed by atoms with Crippen molar-refractivity contribution >= 4 is 33.5 Å². The Morgan fingerprint density at radius 1 is 0.812 bits per heavy atom. The highest BCUT2D eigenvalue weighted by Gasteiger charge is 2.49. The summed E-state index contributed by atoms with van der Waals surface area (Å²) < 4.78 is 0. The highest BCUT2D eigenvalue weighted by Crippen LogP contribution is 2.31. The first-order valence-corrected chi connectivity index (χ1v) is 10.7. The lowest BCUT2D eigenvalue weighted by molar-refractivity contribution is -0.132. The molecule has 0 saturated carbocycles. The van der Waals surface area contributed by atoms with Crippen LogP contribution in [-0.2, 0) is 16.9 Å². The van der Waals surface area contributed by atoms with Crippen LogP contribution in [-0.4, -0.2) is 35.5 Å². The fraction of sp³-hybridized carbons (Fsp3) is 0.185. The topological polar surface area (TPSA) is 52.6 Å². The maximum absolute atomic E-state index is 13.4. The Morgan fingerprint density at radius 2 is 1.41 bits per heavy atom. The van der Waals surface area contributed by atoms with Gasteiger partial charge in [0.05, 0.1) is 6.67 Å². The molecule has 1 heterocycles. The van der Waals surface area contributed by atoms with Crippen LogP contribution in [0.25, 0.3) is 21.5 Å². The third-order valence-corrected chi connectivity index (χ3v) is 6.25. The summed E-state index contributed by atoms with van der Waals surface area (Å²) in [6, 6.07) is 28.1. The second-order valence-corrected chi connectivity index (χ2v) is 8.69. The van der Waals surface area contributed by atoms with Gasteiger partial charge in [0.15, 0.2) is 0 Å². The number of hydrogen-bond donors (Lipinski definition) is 1. The van der Waals surface area contributed by atoms with Crippen molar-refractivity contribution in [1.29, 1.82) is 0 Å². The average molecular weight is 424 g/mol. The van der Waals surface area contributed by atoms with E-state index >= 15 is 0 Å². The summed E-state index contributed by atoms with van der Waals surface area (Å²) in [5.74, 6) is -0.233. The molecule has 4 aromatic carbocycles. The SMILES string of the molecule is CN(Cc1ccc2ccccc2c1)CN1C(=O)N[C@](C)(c2ccc3ccccc3c2)C1=O. The van der Waals surface area contributed by atoms with E-state index in [1.165, 1.54) is 15.7 Å². The van der Waals surface area contributed by atoms with Crippen molar-refractivity contribution in [3.63, 3.8) is 0 Å². The monoisotopic (exact) mass is 423 g/mol. The molecule has 1 atom stereocenters. The Balaban J connectivity index is 1.34. The maximum atomic E-state index is 13.4. The predicted octanol–water partition coefficient (Wildman–Crippen LogP) is 4.85. The molecular weight excluding hydrogens is 398 g/mol. The predicted molar refractivity (Wildman–Crippen MR) is 127 cm³/mol. The molecule has 5 nitrogen and oxygen atoms in total. The number of fused-ring (bicyclic) bond motifs is 2. The van der Waals surface area contributed by atoms with Gasteiger partial charge in [0.25, 0.3) is 5.91 Å². The lowest BCUT2D eigenvalue weighted by Crippen LogP contribution is -2.42. The molecule has 0 spiro atoms. The largest absolute Gasteiger partial charge is 0.326 e. The molecule has 0 aliphatic carbocycles. The van der Waals surface area contributed by atoms with Gasteiger partial charge in [-0.1, -0.05) is 72.8 Å². The number of carbonyl (C=O) groups is 2. The number of benzene rings is 4. The van der Waals surface area contributed by atoms with Crippen LogP contribution in [0.2, 0.25) is 0 Å². The van der Waals surface area contributed by atoms with E-state index in [1.54, 1.807) is 6.92 Å². The molecule has 0 bridgehead atoms.